The van der Waals surface area contributed by atoms with Gasteiger partial charge < -0.3 is 10.0 Å². The summed E-state index contributed by atoms with van der Waals surface area (Å²) in [6.07, 6.45) is 3.11. The van der Waals surface area contributed by atoms with E-state index in [9.17, 15) is 20.4 Å². The maximum absolute atomic E-state index is 13.0. The first kappa shape index (κ1) is 22.2. The van der Waals surface area contributed by atoms with E-state index in [0.717, 1.165) is 18.8 Å². The third-order valence-corrected chi connectivity index (χ3v) is 4.95. The molecule has 7 nitrogen and oxygen atoms in total. The molecule has 0 fully saturated rings. The fourth-order valence-corrected chi connectivity index (χ4v) is 3.24. The van der Waals surface area contributed by atoms with Gasteiger partial charge in [0.1, 0.15) is 23.6 Å². The van der Waals surface area contributed by atoms with Crippen molar-refractivity contribution in [2.24, 2.45) is 0 Å². The molecular weight excluding hydrogens is 402 g/mol. The van der Waals surface area contributed by atoms with Crippen LogP contribution in [0.15, 0.2) is 48.5 Å². The van der Waals surface area contributed by atoms with Gasteiger partial charge in [0.15, 0.2) is 11.4 Å². The van der Waals surface area contributed by atoms with E-state index in [0.29, 0.717) is 11.1 Å². The van der Waals surface area contributed by atoms with Crippen LogP contribution in [0.1, 0.15) is 52.5 Å². The highest BCUT2D eigenvalue weighted by Crippen LogP contribution is 2.26. The number of nitriles is 2. The summed E-state index contributed by atoms with van der Waals surface area (Å²) >= 11 is 0. The molecule has 2 aromatic carbocycles. The lowest BCUT2D eigenvalue weighted by Gasteiger charge is -2.21. The number of rotatable bonds is 7. The van der Waals surface area contributed by atoms with Gasteiger partial charge in [-0.25, -0.2) is 9.97 Å². The van der Waals surface area contributed by atoms with E-state index < -0.39 is 5.78 Å². The molecule has 0 atom stereocenters. The van der Waals surface area contributed by atoms with Gasteiger partial charge in [-0.15, -0.1) is 0 Å². The first-order valence-electron chi connectivity index (χ1n) is 10.1. The minimum absolute atomic E-state index is 0.0396. The summed E-state index contributed by atoms with van der Waals surface area (Å²) in [6.45, 7) is 5.70. The van der Waals surface area contributed by atoms with Crippen LogP contribution in [0.4, 0.5) is 5.69 Å². The molecule has 1 N–H and O–H groups in total. The Morgan fingerprint density at radius 2 is 1.66 bits per heavy atom. The zero-order valence-electron chi connectivity index (χ0n) is 17.8. The van der Waals surface area contributed by atoms with Gasteiger partial charge >= 0.3 is 0 Å². The van der Waals surface area contributed by atoms with Crippen LogP contribution in [0.25, 0.3) is 12.2 Å². The van der Waals surface area contributed by atoms with Gasteiger partial charge in [-0.3, -0.25) is 4.79 Å². The number of phenolic OH excluding ortho intramolecular Hbond substituents is 1. The Balaban J connectivity index is 2.05. The number of aromatic nitrogens is 2. The Labute approximate surface area is 186 Å². The molecule has 0 unspecified atom stereocenters. The molecule has 0 radical (unpaired) electrons. The van der Waals surface area contributed by atoms with Crippen LogP contribution in [0.3, 0.4) is 0 Å². The van der Waals surface area contributed by atoms with Gasteiger partial charge in [0.05, 0.1) is 5.69 Å². The molecule has 0 aliphatic carbocycles. The number of anilines is 1. The maximum Gasteiger partial charge on any atom is 0.213 e. The van der Waals surface area contributed by atoms with Crippen molar-refractivity contribution in [3.8, 4) is 17.9 Å². The van der Waals surface area contributed by atoms with Crippen molar-refractivity contribution in [3.63, 3.8) is 0 Å². The molecule has 7 heteroatoms. The van der Waals surface area contributed by atoms with Crippen molar-refractivity contribution in [1.82, 2.24) is 9.97 Å². The highest BCUT2D eigenvalue weighted by Gasteiger charge is 2.19. The molecule has 3 aromatic rings. The molecule has 32 heavy (non-hydrogen) atoms. The van der Waals surface area contributed by atoms with E-state index >= 15 is 0 Å². The quantitative estimate of drug-likeness (QED) is 0.567. The first-order chi connectivity index (χ1) is 15.5. The number of hydrogen-bond donors (Lipinski definition) is 1. The van der Waals surface area contributed by atoms with Crippen LogP contribution in [0, 0.1) is 22.7 Å². The van der Waals surface area contributed by atoms with Crippen molar-refractivity contribution in [2.45, 2.75) is 13.8 Å². The third kappa shape index (κ3) is 4.63. The molecule has 0 saturated heterocycles. The molecule has 0 amide bonds. The SMILES string of the molecule is CCN(CC)c1ccc(/C=C/c2nc(C#N)c(C#N)nc2C(=O)c2ccccc2)c(O)c1. The minimum Gasteiger partial charge on any atom is -0.507 e. The lowest BCUT2D eigenvalue weighted by molar-refractivity contribution is 0.103. The fraction of sp³-hybridized carbons (Fsp3) is 0.160. The van der Waals surface area contributed by atoms with Crippen molar-refractivity contribution < 1.29 is 9.90 Å². The second-order valence-electron chi connectivity index (χ2n) is 6.82. The maximum atomic E-state index is 13.0. The predicted octanol–water partition coefficient (Wildman–Crippen LogP) is 4.17. The standard InChI is InChI=1S/C25H21N5O2/c1-3-30(4-2)19-12-10-17(23(31)14-19)11-13-20-24(25(32)18-8-6-5-7-9-18)29-22(16-27)21(15-26)28-20/h5-14,31H,3-4H2,1-2H3/b13-11+. The topological polar surface area (TPSA) is 114 Å². The van der Waals surface area contributed by atoms with E-state index in [4.69, 9.17) is 0 Å². The molecule has 1 aromatic heterocycles. The zero-order valence-corrected chi connectivity index (χ0v) is 17.8. The third-order valence-electron chi connectivity index (χ3n) is 4.95. The zero-order chi connectivity index (χ0) is 23.1. The van der Waals surface area contributed by atoms with Gasteiger partial charge in [0.25, 0.3) is 0 Å². The smallest absolute Gasteiger partial charge is 0.213 e. The molecule has 0 spiro atoms. The van der Waals surface area contributed by atoms with Gasteiger partial charge in [-0.1, -0.05) is 30.3 Å². The molecular formula is C25H21N5O2. The molecule has 3 rings (SSSR count). The van der Waals surface area contributed by atoms with Gasteiger partial charge in [0.2, 0.25) is 5.78 Å². The van der Waals surface area contributed by atoms with Crippen LogP contribution in [-0.4, -0.2) is 33.9 Å². The summed E-state index contributed by atoms with van der Waals surface area (Å²) in [6, 6.07) is 17.5. The normalized spacial score (nSPS) is 10.5. The van der Waals surface area contributed by atoms with Gasteiger partial charge in [-0.2, -0.15) is 10.5 Å². The van der Waals surface area contributed by atoms with Crippen LogP contribution in [0.2, 0.25) is 0 Å². The molecule has 0 aliphatic heterocycles. The van der Waals surface area contributed by atoms with E-state index in [1.807, 2.05) is 32.1 Å². The molecule has 0 bridgehead atoms. The van der Waals surface area contributed by atoms with E-state index in [-0.39, 0.29) is 28.5 Å². The molecule has 0 aliphatic rings. The van der Waals surface area contributed by atoms with Crippen LogP contribution in [0.5, 0.6) is 5.75 Å². The first-order valence-corrected chi connectivity index (χ1v) is 10.1. The van der Waals surface area contributed by atoms with E-state index in [1.54, 1.807) is 48.5 Å². The van der Waals surface area contributed by atoms with Gasteiger partial charge in [0, 0.05) is 36.0 Å². The highest BCUT2D eigenvalue weighted by atomic mass is 16.3. The van der Waals surface area contributed by atoms with Crippen molar-refractivity contribution >= 4 is 23.6 Å². The number of aromatic hydroxyl groups is 1. The molecule has 0 saturated carbocycles. The summed E-state index contributed by atoms with van der Waals surface area (Å²) in [5.74, 6) is -0.344. The highest BCUT2D eigenvalue weighted by molar-refractivity contribution is 6.09. The summed E-state index contributed by atoms with van der Waals surface area (Å²) < 4.78 is 0. The Hall–Kier alpha value is -4.49. The van der Waals surface area contributed by atoms with E-state index in [2.05, 4.69) is 14.9 Å². The Morgan fingerprint density at radius 3 is 2.25 bits per heavy atom. The Bertz CT molecular complexity index is 1250. The number of phenols is 1. The molecule has 158 valence electrons. The Morgan fingerprint density at radius 1 is 1.00 bits per heavy atom. The summed E-state index contributed by atoms with van der Waals surface area (Å²) in [5, 5.41) is 29.1. The van der Waals surface area contributed by atoms with Crippen molar-refractivity contribution in [2.75, 3.05) is 18.0 Å². The number of carbonyl (C=O) groups is 1. The van der Waals surface area contributed by atoms with Gasteiger partial charge in [-0.05, 0) is 38.1 Å². The monoisotopic (exact) mass is 423 g/mol. The number of carbonyl (C=O) groups excluding carboxylic acids is 1. The largest absolute Gasteiger partial charge is 0.507 e. The Kier molecular flexibility index (Phi) is 6.95. The van der Waals surface area contributed by atoms with Crippen molar-refractivity contribution in [1.29, 1.82) is 10.5 Å². The predicted molar refractivity (Wildman–Crippen MR) is 122 cm³/mol. The number of ketones is 1. The average molecular weight is 423 g/mol. The van der Waals surface area contributed by atoms with Crippen LogP contribution < -0.4 is 4.90 Å². The minimum atomic E-state index is -0.417. The second kappa shape index (κ2) is 10.0. The second-order valence-corrected chi connectivity index (χ2v) is 6.82. The van der Waals surface area contributed by atoms with Crippen molar-refractivity contribution in [3.05, 3.63) is 82.4 Å². The number of hydrogen-bond acceptors (Lipinski definition) is 7. The summed E-state index contributed by atoms with van der Waals surface area (Å²) in [5.41, 5.74) is 1.52. The summed E-state index contributed by atoms with van der Waals surface area (Å²) in [7, 11) is 0. The number of benzene rings is 2. The lowest BCUT2D eigenvalue weighted by atomic mass is 10.0. The number of nitrogens with zero attached hydrogens (tertiary/aromatic N) is 5. The van der Waals surface area contributed by atoms with E-state index in [1.165, 1.54) is 6.08 Å². The fourth-order valence-electron chi connectivity index (χ4n) is 3.24. The lowest BCUT2D eigenvalue weighted by Crippen LogP contribution is -2.21. The van der Waals surface area contributed by atoms with Crippen LogP contribution >= 0.6 is 0 Å². The molecule has 1 heterocycles. The summed E-state index contributed by atoms with van der Waals surface area (Å²) in [4.78, 5) is 23.4. The average Bonchev–Trinajstić information content (AvgIpc) is 2.83. The van der Waals surface area contributed by atoms with Crippen LogP contribution in [-0.2, 0) is 0 Å².